The minimum absolute atomic E-state index is 0.0493. The number of rotatable bonds is 3. The molecule has 0 radical (unpaired) electrons. The number of carbonyl (C=O) groups is 2. The number of nitrogens with zero attached hydrogens (tertiary/aromatic N) is 4. The van der Waals surface area contributed by atoms with Gasteiger partial charge in [-0.05, 0) is 50.4 Å². The molecule has 8 nitrogen and oxygen atoms in total. The summed E-state index contributed by atoms with van der Waals surface area (Å²) < 4.78 is 5.30. The number of carbonyl (C=O) groups excluding carboxylic acids is 2. The topological polar surface area (TPSA) is 91.6 Å². The molecule has 4 rings (SSSR count). The van der Waals surface area contributed by atoms with Crippen molar-refractivity contribution in [1.29, 1.82) is 0 Å². The van der Waals surface area contributed by atoms with E-state index in [1.807, 2.05) is 6.92 Å². The maximum atomic E-state index is 13.3. The lowest BCUT2D eigenvalue weighted by molar-refractivity contribution is -0.136. The number of piperidine rings is 1. The van der Waals surface area contributed by atoms with Gasteiger partial charge in [-0.25, -0.2) is 9.69 Å². The summed E-state index contributed by atoms with van der Waals surface area (Å²) in [6, 6.07) is -0.246. The van der Waals surface area contributed by atoms with E-state index in [-0.39, 0.29) is 23.3 Å². The monoisotopic (exact) mass is 389 g/mol. The minimum Gasteiger partial charge on any atom is -0.339 e. The fraction of sp³-hybridized carbons (Fsp3) is 0.800. The molecule has 1 aliphatic carbocycles. The highest BCUT2D eigenvalue weighted by molar-refractivity contribution is 6.07. The van der Waals surface area contributed by atoms with Crippen LogP contribution in [0.5, 0.6) is 0 Å². The van der Waals surface area contributed by atoms with Gasteiger partial charge >= 0.3 is 6.03 Å². The van der Waals surface area contributed by atoms with Gasteiger partial charge in [0.15, 0.2) is 5.82 Å². The second-order valence-electron chi connectivity index (χ2n) is 9.81. The van der Waals surface area contributed by atoms with Crippen molar-refractivity contribution in [2.75, 3.05) is 19.8 Å². The first-order valence-corrected chi connectivity index (χ1v) is 10.3. The molecule has 28 heavy (non-hydrogen) atoms. The third-order valence-electron chi connectivity index (χ3n) is 6.45. The maximum Gasteiger partial charge on any atom is 0.326 e. The van der Waals surface area contributed by atoms with Crippen LogP contribution in [0.2, 0.25) is 0 Å². The van der Waals surface area contributed by atoms with E-state index in [9.17, 15) is 9.59 Å². The Labute approximate surface area is 166 Å². The molecule has 3 heterocycles. The summed E-state index contributed by atoms with van der Waals surface area (Å²) in [5, 5.41) is 6.93. The van der Waals surface area contributed by atoms with Crippen LogP contribution in [0, 0.1) is 18.3 Å². The Kier molecular flexibility index (Phi) is 4.72. The maximum absolute atomic E-state index is 13.3. The average molecular weight is 390 g/mol. The van der Waals surface area contributed by atoms with E-state index in [1.54, 1.807) is 0 Å². The number of urea groups is 1. The van der Waals surface area contributed by atoms with Crippen LogP contribution in [-0.4, -0.2) is 57.2 Å². The smallest absolute Gasteiger partial charge is 0.326 e. The van der Waals surface area contributed by atoms with Crippen molar-refractivity contribution in [2.24, 2.45) is 11.3 Å². The summed E-state index contributed by atoms with van der Waals surface area (Å²) in [5.74, 6) is 1.98. The van der Waals surface area contributed by atoms with Crippen LogP contribution in [0.25, 0.3) is 0 Å². The van der Waals surface area contributed by atoms with Crippen molar-refractivity contribution in [2.45, 2.75) is 71.3 Å². The van der Waals surface area contributed by atoms with Gasteiger partial charge in [0.25, 0.3) is 5.91 Å². The zero-order chi connectivity index (χ0) is 20.1. The van der Waals surface area contributed by atoms with Crippen molar-refractivity contribution in [3.63, 3.8) is 0 Å². The molecule has 8 heteroatoms. The molecule has 3 amide bonds. The van der Waals surface area contributed by atoms with Crippen LogP contribution in [0.4, 0.5) is 4.79 Å². The van der Waals surface area contributed by atoms with Gasteiger partial charge in [0.1, 0.15) is 5.54 Å². The SMILES string of the molecule is Cc1noc(C2CCN(CN3C(=O)NC4(CC(C)CC(C)(C)C4)C3=O)CC2)n1. The van der Waals surface area contributed by atoms with Crippen LogP contribution in [0.3, 0.4) is 0 Å². The lowest BCUT2D eigenvalue weighted by Crippen LogP contribution is -2.54. The first-order chi connectivity index (χ1) is 13.2. The molecule has 2 atom stereocenters. The Bertz CT molecular complexity index is 768. The highest BCUT2D eigenvalue weighted by Crippen LogP contribution is 2.46. The fourth-order valence-electron chi connectivity index (χ4n) is 5.63. The van der Waals surface area contributed by atoms with Gasteiger partial charge in [-0.3, -0.25) is 9.69 Å². The summed E-state index contributed by atoms with van der Waals surface area (Å²) >= 11 is 0. The van der Waals surface area contributed by atoms with Crippen LogP contribution in [-0.2, 0) is 4.79 Å². The first kappa shape index (κ1) is 19.4. The lowest BCUT2D eigenvalue weighted by Gasteiger charge is -2.44. The van der Waals surface area contributed by atoms with E-state index in [0.717, 1.165) is 38.8 Å². The Balaban J connectivity index is 1.39. The average Bonchev–Trinajstić information content (AvgIpc) is 3.11. The van der Waals surface area contributed by atoms with Gasteiger partial charge in [0, 0.05) is 19.0 Å². The van der Waals surface area contributed by atoms with E-state index in [4.69, 9.17) is 4.52 Å². The van der Waals surface area contributed by atoms with Crippen molar-refractivity contribution in [3.8, 4) is 0 Å². The predicted octanol–water partition coefficient (Wildman–Crippen LogP) is 2.65. The Morgan fingerprint density at radius 2 is 1.93 bits per heavy atom. The molecule has 1 aromatic heterocycles. The Hall–Kier alpha value is -1.96. The number of nitrogens with one attached hydrogen (secondary N) is 1. The van der Waals surface area contributed by atoms with Gasteiger partial charge < -0.3 is 9.84 Å². The van der Waals surface area contributed by atoms with Crippen molar-refractivity contribution < 1.29 is 14.1 Å². The van der Waals surface area contributed by atoms with Gasteiger partial charge in [-0.1, -0.05) is 25.9 Å². The van der Waals surface area contributed by atoms with Gasteiger partial charge in [0.05, 0.1) is 6.67 Å². The molecule has 1 N–H and O–H groups in total. The van der Waals surface area contributed by atoms with E-state index in [2.05, 4.69) is 41.1 Å². The summed E-state index contributed by atoms with van der Waals surface area (Å²) in [7, 11) is 0. The number of aromatic nitrogens is 2. The molecule has 2 saturated heterocycles. The molecular weight excluding hydrogens is 358 g/mol. The molecule has 1 spiro atoms. The third kappa shape index (κ3) is 3.54. The zero-order valence-corrected chi connectivity index (χ0v) is 17.3. The predicted molar refractivity (Wildman–Crippen MR) is 102 cm³/mol. The molecule has 0 bridgehead atoms. The molecular formula is C20H31N5O3. The van der Waals surface area contributed by atoms with Gasteiger partial charge in [-0.15, -0.1) is 0 Å². The third-order valence-corrected chi connectivity index (χ3v) is 6.45. The number of imide groups is 1. The lowest BCUT2D eigenvalue weighted by atomic mass is 9.64. The van der Waals surface area contributed by atoms with E-state index in [1.165, 1.54) is 4.90 Å². The molecule has 3 fully saturated rings. The Morgan fingerprint density at radius 1 is 1.21 bits per heavy atom. The van der Waals surface area contributed by atoms with Crippen LogP contribution in [0.15, 0.2) is 4.52 Å². The van der Waals surface area contributed by atoms with Gasteiger partial charge in [0.2, 0.25) is 5.89 Å². The minimum atomic E-state index is -0.724. The van der Waals surface area contributed by atoms with Crippen molar-refractivity contribution >= 4 is 11.9 Å². The highest BCUT2D eigenvalue weighted by atomic mass is 16.5. The van der Waals surface area contributed by atoms with Crippen LogP contribution >= 0.6 is 0 Å². The normalized spacial score (nSPS) is 31.6. The second kappa shape index (κ2) is 6.83. The molecule has 3 aliphatic rings. The fourth-order valence-corrected chi connectivity index (χ4v) is 5.63. The molecule has 2 aliphatic heterocycles. The number of hydrogen-bond donors (Lipinski definition) is 1. The highest BCUT2D eigenvalue weighted by Gasteiger charge is 2.56. The van der Waals surface area contributed by atoms with Crippen LogP contribution in [0.1, 0.15) is 70.5 Å². The van der Waals surface area contributed by atoms with Crippen molar-refractivity contribution in [3.05, 3.63) is 11.7 Å². The zero-order valence-electron chi connectivity index (χ0n) is 17.3. The molecule has 154 valence electrons. The number of amides is 3. The molecule has 2 unspecified atom stereocenters. The van der Waals surface area contributed by atoms with Crippen molar-refractivity contribution in [1.82, 2.24) is 25.3 Å². The first-order valence-electron chi connectivity index (χ1n) is 10.3. The second-order valence-corrected chi connectivity index (χ2v) is 9.81. The molecule has 1 saturated carbocycles. The summed E-state index contributed by atoms with van der Waals surface area (Å²) in [5.41, 5.74) is -0.672. The molecule has 1 aromatic rings. The largest absolute Gasteiger partial charge is 0.339 e. The summed E-state index contributed by atoms with van der Waals surface area (Å²) in [6.07, 6.45) is 4.31. The summed E-state index contributed by atoms with van der Waals surface area (Å²) in [6.45, 7) is 10.3. The van der Waals surface area contributed by atoms with E-state index < -0.39 is 5.54 Å². The Morgan fingerprint density at radius 3 is 2.54 bits per heavy atom. The molecule has 0 aromatic carbocycles. The van der Waals surface area contributed by atoms with Gasteiger partial charge in [-0.2, -0.15) is 4.98 Å². The quantitative estimate of drug-likeness (QED) is 0.799. The standard InChI is InChI=1S/C20H31N5O3/c1-13-9-19(3,4)11-20(10-13)17(26)25(18(27)22-20)12-24-7-5-15(6-8-24)16-21-14(2)23-28-16/h13,15H,5-12H2,1-4H3,(H,22,27). The number of likely N-dealkylation sites (tertiary alicyclic amines) is 1. The van der Waals surface area contributed by atoms with E-state index >= 15 is 0 Å². The van der Waals surface area contributed by atoms with E-state index in [0.29, 0.717) is 30.7 Å². The van der Waals surface area contributed by atoms with Crippen LogP contribution < -0.4 is 5.32 Å². The number of hydrogen-bond acceptors (Lipinski definition) is 6. The number of aryl methyl sites for hydroxylation is 1. The summed E-state index contributed by atoms with van der Waals surface area (Å²) in [4.78, 5) is 33.9.